The van der Waals surface area contributed by atoms with Crippen LogP contribution in [0, 0.1) is 0 Å². The van der Waals surface area contributed by atoms with Gasteiger partial charge >= 0.3 is 5.97 Å². The van der Waals surface area contributed by atoms with Crippen LogP contribution in [0.3, 0.4) is 0 Å². The van der Waals surface area contributed by atoms with E-state index in [1.165, 1.54) is 44.9 Å². The Morgan fingerprint density at radius 2 is 1.34 bits per heavy atom. The topological polar surface area (TPSA) is 60.4 Å². The quantitative estimate of drug-likeness (QED) is 0.211. The van der Waals surface area contributed by atoms with Gasteiger partial charge in [-0.2, -0.15) is 0 Å². The number of carbonyl (C=O) groups is 3. The fourth-order valence-corrected chi connectivity index (χ4v) is 3.72. The van der Waals surface area contributed by atoms with E-state index in [0.717, 1.165) is 19.3 Å². The van der Waals surface area contributed by atoms with Gasteiger partial charge in [0.05, 0.1) is 0 Å². The molecule has 0 aromatic heterocycles. The van der Waals surface area contributed by atoms with Crippen molar-refractivity contribution in [3.8, 4) is 0 Å². The highest BCUT2D eigenvalue weighted by Gasteiger charge is 2.34. The first-order valence-corrected chi connectivity index (χ1v) is 11.3. The summed E-state index contributed by atoms with van der Waals surface area (Å²) >= 11 is 5.53. The summed E-state index contributed by atoms with van der Waals surface area (Å²) in [5.41, 5.74) is 0.957. The highest BCUT2D eigenvalue weighted by molar-refractivity contribution is 6.28. The molecule has 1 aromatic rings. The molecule has 0 saturated carbocycles. The fourth-order valence-electron chi connectivity index (χ4n) is 3.67. The number of benzene rings is 1. The zero-order chi connectivity index (χ0) is 21.1. The molecule has 4 nitrogen and oxygen atoms in total. The molecule has 1 aliphatic carbocycles. The first-order chi connectivity index (χ1) is 14.1. The van der Waals surface area contributed by atoms with E-state index in [2.05, 4.69) is 6.92 Å². The van der Waals surface area contributed by atoms with Gasteiger partial charge in [0, 0.05) is 16.7 Å². The van der Waals surface area contributed by atoms with Crippen molar-refractivity contribution in [2.45, 2.75) is 77.6 Å². The van der Waals surface area contributed by atoms with E-state index >= 15 is 0 Å². The summed E-state index contributed by atoms with van der Waals surface area (Å²) in [6, 6.07) is 6.66. The third-order valence-corrected chi connectivity index (χ3v) is 5.49. The Morgan fingerprint density at radius 3 is 1.90 bits per heavy atom. The van der Waals surface area contributed by atoms with Gasteiger partial charge in [0.2, 0.25) is 5.78 Å². The summed E-state index contributed by atoms with van der Waals surface area (Å²) in [6.45, 7) is 2.22. The molecule has 1 aromatic carbocycles. The number of hydrogen-bond acceptors (Lipinski definition) is 4. The minimum Gasteiger partial charge on any atom is -0.421 e. The number of ketones is 2. The molecular formula is C24H31ClO4. The molecule has 0 N–H and O–H groups in total. The monoisotopic (exact) mass is 418 g/mol. The Balaban J connectivity index is 1.91. The van der Waals surface area contributed by atoms with Crippen LogP contribution in [0.2, 0.25) is 0 Å². The van der Waals surface area contributed by atoms with Crippen molar-refractivity contribution in [1.29, 1.82) is 0 Å². The van der Waals surface area contributed by atoms with Gasteiger partial charge in [-0.15, -0.1) is 11.6 Å². The number of rotatable bonds is 13. The summed E-state index contributed by atoms with van der Waals surface area (Å²) in [5, 5.41) is 0. The lowest BCUT2D eigenvalue weighted by Crippen LogP contribution is -2.25. The minimum absolute atomic E-state index is 0.143. The minimum atomic E-state index is -0.720. The summed E-state index contributed by atoms with van der Waals surface area (Å²) in [5.74, 6) is -1.87. The number of ether oxygens (including phenoxy) is 1. The van der Waals surface area contributed by atoms with E-state index in [9.17, 15) is 14.4 Å². The van der Waals surface area contributed by atoms with Crippen molar-refractivity contribution >= 4 is 29.1 Å². The molecular weight excluding hydrogens is 388 g/mol. The van der Waals surface area contributed by atoms with Crippen molar-refractivity contribution in [1.82, 2.24) is 0 Å². The number of hydrogen-bond donors (Lipinski definition) is 0. The molecule has 0 fully saturated rings. The van der Waals surface area contributed by atoms with Gasteiger partial charge < -0.3 is 4.74 Å². The molecule has 0 atom stereocenters. The van der Waals surface area contributed by atoms with Crippen molar-refractivity contribution < 1.29 is 19.1 Å². The summed E-state index contributed by atoms with van der Waals surface area (Å²) in [7, 11) is 0. The van der Waals surface area contributed by atoms with Gasteiger partial charge in [-0.25, -0.2) is 0 Å². The second-order valence-corrected chi connectivity index (χ2v) is 7.82. The van der Waals surface area contributed by atoms with Gasteiger partial charge in [0.1, 0.15) is 5.88 Å². The smallest absolute Gasteiger partial charge is 0.326 e. The number of Topliss-reactive ketones (excluding diaryl/α,β-unsaturated/α-hetero) is 2. The Labute approximate surface area is 178 Å². The summed E-state index contributed by atoms with van der Waals surface area (Å²) in [4.78, 5) is 37.4. The zero-order valence-corrected chi connectivity index (χ0v) is 18.1. The maximum absolute atomic E-state index is 12.9. The lowest BCUT2D eigenvalue weighted by atomic mass is 9.86. The predicted octanol–water partition coefficient (Wildman–Crippen LogP) is 6.41. The molecule has 0 radical (unpaired) electrons. The second kappa shape index (κ2) is 12.6. The molecule has 0 heterocycles. The molecule has 2 rings (SSSR count). The van der Waals surface area contributed by atoms with Crippen LogP contribution in [0.5, 0.6) is 0 Å². The Morgan fingerprint density at radius 1 is 0.828 bits per heavy atom. The molecule has 158 valence electrons. The summed E-state index contributed by atoms with van der Waals surface area (Å²) < 4.78 is 5.17. The van der Waals surface area contributed by atoms with Crippen LogP contribution in [-0.2, 0) is 9.53 Å². The number of allylic oxidation sites excluding steroid dienone is 2. The lowest BCUT2D eigenvalue weighted by Gasteiger charge is -2.20. The maximum Gasteiger partial charge on any atom is 0.326 e. The van der Waals surface area contributed by atoms with E-state index in [0.29, 0.717) is 17.6 Å². The largest absolute Gasteiger partial charge is 0.421 e. The highest BCUT2D eigenvalue weighted by Crippen LogP contribution is 2.30. The van der Waals surface area contributed by atoms with Crippen LogP contribution in [0.1, 0.15) is 98.3 Å². The van der Waals surface area contributed by atoms with E-state index in [4.69, 9.17) is 16.3 Å². The number of halogens is 1. The van der Waals surface area contributed by atoms with E-state index in [1.807, 2.05) is 0 Å². The maximum atomic E-state index is 12.9. The number of carbonyl (C=O) groups excluding carboxylic acids is 3. The zero-order valence-electron chi connectivity index (χ0n) is 17.3. The van der Waals surface area contributed by atoms with E-state index in [-0.39, 0.29) is 23.0 Å². The van der Waals surface area contributed by atoms with Gasteiger partial charge in [0.15, 0.2) is 11.5 Å². The molecule has 1 aliphatic rings. The van der Waals surface area contributed by atoms with Crippen LogP contribution in [0.15, 0.2) is 35.6 Å². The van der Waals surface area contributed by atoms with Crippen molar-refractivity contribution in [2.75, 3.05) is 5.88 Å². The van der Waals surface area contributed by atoms with Gasteiger partial charge in [-0.05, 0) is 12.8 Å². The number of esters is 1. The number of unbranched alkanes of at least 4 members (excludes halogenated alkanes) is 9. The first-order valence-electron chi connectivity index (χ1n) is 10.8. The van der Waals surface area contributed by atoms with Gasteiger partial charge in [0.25, 0.3) is 0 Å². The van der Waals surface area contributed by atoms with Crippen LogP contribution in [0.25, 0.3) is 0 Å². The highest BCUT2D eigenvalue weighted by atomic mass is 35.5. The van der Waals surface area contributed by atoms with Crippen LogP contribution >= 0.6 is 11.6 Å². The Hall–Kier alpha value is -1.94. The second-order valence-electron chi connectivity index (χ2n) is 7.55. The average molecular weight is 419 g/mol. The molecule has 0 saturated heterocycles. The third-order valence-electron chi connectivity index (χ3n) is 5.28. The van der Waals surface area contributed by atoms with E-state index < -0.39 is 11.8 Å². The van der Waals surface area contributed by atoms with Gasteiger partial charge in [-0.1, -0.05) is 89.0 Å². The number of alkyl halides is 1. The molecule has 0 aliphatic heterocycles. The standard InChI is InChI=1S/C24H31ClO4/c1-2-3-4-5-6-7-8-9-10-11-16-20-22(27)18-14-12-13-15-19(18)23(28)24(20)29-21(26)17-25/h12-15H,2-11,16-17H2,1H3. The van der Waals surface area contributed by atoms with Crippen LogP contribution < -0.4 is 0 Å². The van der Waals surface area contributed by atoms with Crippen molar-refractivity contribution in [3.05, 3.63) is 46.7 Å². The molecule has 0 unspecified atom stereocenters. The lowest BCUT2D eigenvalue weighted by molar-refractivity contribution is -0.136. The van der Waals surface area contributed by atoms with Crippen LogP contribution in [0.4, 0.5) is 0 Å². The molecule has 5 heteroatoms. The normalized spacial score (nSPS) is 13.6. The molecule has 0 amide bonds. The number of fused-ring (bicyclic) bond motifs is 1. The third kappa shape index (κ3) is 6.81. The SMILES string of the molecule is CCCCCCCCCCCCC1=C(OC(=O)CCl)C(=O)c2ccccc2C1=O. The van der Waals surface area contributed by atoms with Crippen molar-refractivity contribution in [2.24, 2.45) is 0 Å². The van der Waals surface area contributed by atoms with Crippen molar-refractivity contribution in [3.63, 3.8) is 0 Å². The molecule has 0 bridgehead atoms. The molecule has 29 heavy (non-hydrogen) atoms. The first kappa shape index (κ1) is 23.3. The fraction of sp³-hybridized carbons (Fsp3) is 0.542. The van der Waals surface area contributed by atoms with Gasteiger partial charge in [-0.3, -0.25) is 14.4 Å². The summed E-state index contributed by atoms with van der Waals surface area (Å²) in [6.07, 6.45) is 12.3. The predicted molar refractivity (Wildman–Crippen MR) is 115 cm³/mol. The average Bonchev–Trinajstić information content (AvgIpc) is 2.74. The Bertz CT molecular complexity index is 751. The Kier molecular flexibility index (Phi) is 10.1. The molecule has 0 spiro atoms. The van der Waals surface area contributed by atoms with Crippen LogP contribution in [-0.4, -0.2) is 23.4 Å². The van der Waals surface area contributed by atoms with E-state index in [1.54, 1.807) is 24.3 Å².